The lowest BCUT2D eigenvalue weighted by atomic mass is 9.85. The van der Waals surface area contributed by atoms with E-state index >= 15 is 0 Å². The van der Waals surface area contributed by atoms with Gasteiger partial charge in [-0.05, 0) is 73.7 Å². The molecule has 6 rings (SSSR count). The minimum Gasteiger partial charge on any atom is -0.860 e. The normalized spacial score (nSPS) is 19.2. The van der Waals surface area contributed by atoms with Crippen molar-refractivity contribution in [1.29, 1.82) is 0 Å². The topological polar surface area (TPSA) is 142 Å². The SMILES string of the molecule is COc1ccc(C(c2c([O-])n(C3CCCCC3)c(=S)[nH]c2=O)c2c(O)n(C3CCCCC3)c(=S)[nH]c2=O)cc1C[NH+]1CCOCC1. The van der Waals surface area contributed by atoms with Crippen LogP contribution in [0.1, 0.15) is 104 Å². The highest BCUT2D eigenvalue weighted by Gasteiger charge is 2.33. The van der Waals surface area contributed by atoms with Crippen LogP contribution in [0.2, 0.25) is 0 Å². The van der Waals surface area contributed by atoms with Crippen LogP contribution in [0.5, 0.6) is 17.5 Å². The van der Waals surface area contributed by atoms with Gasteiger partial charge in [0, 0.05) is 23.2 Å². The van der Waals surface area contributed by atoms with Crippen molar-refractivity contribution in [3.63, 3.8) is 0 Å². The van der Waals surface area contributed by atoms with Gasteiger partial charge in [0.05, 0.1) is 31.8 Å². The van der Waals surface area contributed by atoms with E-state index in [0.29, 0.717) is 31.1 Å². The third kappa shape index (κ3) is 6.47. The Bertz CT molecular complexity index is 1700. The Morgan fingerprint density at radius 2 is 1.50 bits per heavy atom. The van der Waals surface area contributed by atoms with Crippen molar-refractivity contribution in [2.75, 3.05) is 33.4 Å². The minimum absolute atomic E-state index is 0.0760. The largest absolute Gasteiger partial charge is 0.860 e. The highest BCUT2D eigenvalue weighted by atomic mass is 32.1. The standard InChI is InChI=1S/C33H43N5O6S2/c1-43-24-13-12-20(18-21(24)19-36-14-16-44-17-15-36)25(26-28(39)34-32(45)37(30(26)41)22-8-4-2-5-9-22)27-29(40)35-33(46)38(31(27)42)23-10-6-3-7-11-23/h12-13,18,22-23,25,41-42H,2-11,14-17,19H2,1H3,(H,34,39,45)(H,35,40,46). The number of quaternary nitrogens is 1. The molecule has 11 nitrogen and oxygen atoms in total. The third-order valence-corrected chi connectivity index (χ3v) is 10.6. The zero-order valence-corrected chi connectivity index (χ0v) is 27.9. The number of benzene rings is 1. The molecule has 2 saturated carbocycles. The zero-order chi connectivity index (χ0) is 32.4. The molecule has 3 aliphatic rings. The molecule has 2 aliphatic carbocycles. The van der Waals surface area contributed by atoms with Crippen LogP contribution in [0.15, 0.2) is 27.8 Å². The highest BCUT2D eigenvalue weighted by molar-refractivity contribution is 7.71. The van der Waals surface area contributed by atoms with Gasteiger partial charge in [-0.3, -0.25) is 24.1 Å². The van der Waals surface area contributed by atoms with Crippen molar-refractivity contribution < 1.29 is 24.6 Å². The first kappa shape index (κ1) is 32.7. The molecule has 0 spiro atoms. The second-order valence-electron chi connectivity index (χ2n) is 12.8. The molecule has 248 valence electrons. The van der Waals surface area contributed by atoms with Crippen molar-refractivity contribution in [2.45, 2.75) is 88.8 Å². The monoisotopic (exact) mass is 669 g/mol. The van der Waals surface area contributed by atoms with Gasteiger partial charge in [0.1, 0.15) is 25.4 Å². The first-order valence-electron chi connectivity index (χ1n) is 16.5. The summed E-state index contributed by atoms with van der Waals surface area (Å²) in [5.74, 6) is -1.38. The van der Waals surface area contributed by atoms with E-state index in [2.05, 4.69) is 9.97 Å². The lowest BCUT2D eigenvalue weighted by molar-refractivity contribution is -0.921. The van der Waals surface area contributed by atoms with Gasteiger partial charge in [-0.15, -0.1) is 0 Å². The molecule has 0 amide bonds. The lowest BCUT2D eigenvalue weighted by Crippen LogP contribution is -3.12. The molecular formula is C33H43N5O6S2. The van der Waals surface area contributed by atoms with E-state index < -0.39 is 22.9 Å². The van der Waals surface area contributed by atoms with E-state index in [1.807, 2.05) is 6.07 Å². The van der Waals surface area contributed by atoms with Gasteiger partial charge in [-0.2, -0.15) is 0 Å². The number of nitrogens with one attached hydrogen (secondary N) is 3. The first-order valence-corrected chi connectivity index (χ1v) is 17.3. The minimum atomic E-state index is -1.19. The highest BCUT2D eigenvalue weighted by Crippen LogP contribution is 2.41. The molecule has 1 aromatic carbocycles. The van der Waals surface area contributed by atoms with Crippen LogP contribution in [0, 0.1) is 9.54 Å². The summed E-state index contributed by atoms with van der Waals surface area (Å²) >= 11 is 11.1. The smallest absolute Gasteiger partial charge is 0.259 e. The van der Waals surface area contributed by atoms with Crippen LogP contribution in [-0.2, 0) is 11.3 Å². The molecule has 1 aliphatic heterocycles. The van der Waals surface area contributed by atoms with Gasteiger partial charge in [0.2, 0.25) is 5.88 Å². The number of H-pyrrole nitrogens is 2. The summed E-state index contributed by atoms with van der Waals surface area (Å²) in [7, 11) is 1.60. The molecule has 1 saturated heterocycles. The van der Waals surface area contributed by atoms with Crippen LogP contribution >= 0.6 is 24.4 Å². The summed E-state index contributed by atoms with van der Waals surface area (Å²) in [6, 6.07) is 5.19. The molecule has 4 N–H and O–H groups in total. The molecule has 46 heavy (non-hydrogen) atoms. The van der Waals surface area contributed by atoms with E-state index in [4.69, 9.17) is 33.9 Å². The lowest BCUT2D eigenvalue weighted by Gasteiger charge is -2.33. The van der Waals surface area contributed by atoms with Crippen molar-refractivity contribution in [3.05, 3.63) is 70.7 Å². The Kier molecular flexibility index (Phi) is 10.1. The number of nitrogens with zero attached hydrogens (tertiary/aromatic N) is 2. The molecule has 3 aromatic rings. The summed E-state index contributed by atoms with van der Waals surface area (Å²) in [5, 5.41) is 26.5. The Labute approximate surface area is 277 Å². The summed E-state index contributed by atoms with van der Waals surface area (Å²) in [6.07, 6.45) is 9.17. The number of hydrogen-bond donors (Lipinski definition) is 4. The summed E-state index contributed by atoms with van der Waals surface area (Å²) in [4.78, 5) is 34.6. The van der Waals surface area contributed by atoms with Crippen LogP contribution < -0.4 is 25.9 Å². The van der Waals surface area contributed by atoms with Crippen molar-refractivity contribution in [3.8, 4) is 17.5 Å². The Morgan fingerprint density at radius 3 is 2.11 bits per heavy atom. The van der Waals surface area contributed by atoms with E-state index in [1.54, 1.807) is 23.8 Å². The quantitative estimate of drug-likeness (QED) is 0.267. The van der Waals surface area contributed by atoms with Gasteiger partial charge < -0.3 is 29.2 Å². The number of aromatic amines is 2. The number of aromatic hydroxyl groups is 1. The number of hydrogen-bond acceptors (Lipinski definition) is 8. The van der Waals surface area contributed by atoms with Gasteiger partial charge in [-0.1, -0.05) is 44.6 Å². The van der Waals surface area contributed by atoms with E-state index in [9.17, 15) is 19.8 Å². The molecule has 1 atom stereocenters. The van der Waals surface area contributed by atoms with Crippen molar-refractivity contribution in [1.82, 2.24) is 19.1 Å². The maximum absolute atomic E-state index is 14.5. The molecule has 2 aromatic heterocycles. The fourth-order valence-corrected chi connectivity index (χ4v) is 8.31. The number of rotatable bonds is 8. The number of methoxy groups -OCH3 is 1. The van der Waals surface area contributed by atoms with E-state index in [0.717, 1.165) is 82.9 Å². The van der Waals surface area contributed by atoms with Gasteiger partial charge in [0.15, 0.2) is 9.54 Å². The molecule has 0 radical (unpaired) electrons. The molecule has 13 heteroatoms. The Morgan fingerprint density at radius 1 is 0.935 bits per heavy atom. The summed E-state index contributed by atoms with van der Waals surface area (Å²) in [5.41, 5.74) is -0.158. The zero-order valence-electron chi connectivity index (χ0n) is 26.3. The maximum atomic E-state index is 14.5. The molecule has 1 unspecified atom stereocenters. The van der Waals surface area contributed by atoms with E-state index in [1.165, 1.54) is 9.47 Å². The predicted molar refractivity (Wildman–Crippen MR) is 176 cm³/mol. The fraction of sp³-hybridized carbons (Fsp3) is 0.576. The second kappa shape index (κ2) is 14.2. The van der Waals surface area contributed by atoms with Crippen LogP contribution in [0.25, 0.3) is 0 Å². The van der Waals surface area contributed by atoms with Gasteiger partial charge in [0.25, 0.3) is 11.1 Å². The second-order valence-corrected chi connectivity index (χ2v) is 13.6. The van der Waals surface area contributed by atoms with Gasteiger partial charge in [-0.25, -0.2) is 0 Å². The third-order valence-electron chi connectivity index (χ3n) is 10.0. The summed E-state index contributed by atoms with van der Waals surface area (Å²) in [6.45, 7) is 3.58. The average molecular weight is 670 g/mol. The maximum Gasteiger partial charge on any atom is 0.259 e. The summed E-state index contributed by atoms with van der Waals surface area (Å²) < 4.78 is 14.6. The number of morpholine rings is 1. The molecular weight excluding hydrogens is 627 g/mol. The Hall–Kier alpha value is -3.26. The van der Waals surface area contributed by atoms with Gasteiger partial charge >= 0.3 is 0 Å². The number of ether oxygens (including phenoxy) is 2. The van der Waals surface area contributed by atoms with E-state index in [-0.39, 0.29) is 38.6 Å². The molecule has 3 fully saturated rings. The predicted octanol–water partition coefficient (Wildman–Crippen LogP) is 3.52. The average Bonchev–Trinajstić information content (AvgIpc) is 3.05. The van der Waals surface area contributed by atoms with Crippen LogP contribution in [0.3, 0.4) is 0 Å². The van der Waals surface area contributed by atoms with Crippen molar-refractivity contribution in [2.24, 2.45) is 0 Å². The Balaban J connectivity index is 1.60. The molecule has 0 bridgehead atoms. The van der Waals surface area contributed by atoms with Crippen LogP contribution in [-0.4, -0.2) is 57.6 Å². The first-order chi connectivity index (χ1) is 22.3. The number of aromatic nitrogens is 4. The van der Waals surface area contributed by atoms with Crippen molar-refractivity contribution >= 4 is 24.4 Å². The molecule has 3 heterocycles. The van der Waals surface area contributed by atoms with Crippen LogP contribution in [0.4, 0.5) is 0 Å². The fourth-order valence-electron chi connectivity index (χ4n) is 7.66.